The third-order valence-corrected chi connectivity index (χ3v) is 7.68. The third-order valence-electron chi connectivity index (χ3n) is 7.68. The molecule has 1 heterocycles. The molecule has 220 valence electrons. The molecule has 3 aliphatic rings. The number of fused-ring (bicyclic) bond motifs is 3. The van der Waals surface area contributed by atoms with Gasteiger partial charge in [-0.3, -0.25) is 34.5 Å². The van der Waals surface area contributed by atoms with Crippen LogP contribution < -0.4 is 17.0 Å². The number of aliphatic hydroxyl groups excluding tert-OH is 3. The van der Waals surface area contributed by atoms with E-state index in [0.29, 0.717) is 5.56 Å². The summed E-state index contributed by atoms with van der Waals surface area (Å²) in [5.74, 6) is -4.19. The molecule has 1 aromatic carbocycles. The van der Waals surface area contributed by atoms with Gasteiger partial charge in [-0.2, -0.15) is 0 Å². The average Bonchev–Trinajstić information content (AvgIpc) is 2.95. The molecule has 10 N–H and O–H groups in total. The number of benzene rings is 1. The van der Waals surface area contributed by atoms with Gasteiger partial charge in [0.25, 0.3) is 11.8 Å². The summed E-state index contributed by atoms with van der Waals surface area (Å²) in [5, 5.41) is 54.8. The van der Waals surface area contributed by atoms with Gasteiger partial charge < -0.3 is 31.3 Å². The molecule has 1 aromatic heterocycles. The van der Waals surface area contributed by atoms with Gasteiger partial charge in [-0.05, 0) is 43.4 Å². The first-order chi connectivity index (χ1) is 19.7. The molecule has 0 bridgehead atoms. The van der Waals surface area contributed by atoms with Crippen LogP contribution in [0.2, 0.25) is 0 Å². The Morgan fingerprint density at radius 1 is 1.10 bits per heavy atom. The fourth-order valence-electron chi connectivity index (χ4n) is 5.80. The summed E-state index contributed by atoms with van der Waals surface area (Å²) in [7, 11) is 2.93. The number of nitrogens with one attached hydrogen (secondary N) is 1. The van der Waals surface area contributed by atoms with Crippen LogP contribution in [0.25, 0.3) is 5.57 Å². The molecular formula is C28H29N5O9. The van der Waals surface area contributed by atoms with E-state index < -0.39 is 75.5 Å². The van der Waals surface area contributed by atoms with Gasteiger partial charge in [0.05, 0.1) is 29.2 Å². The largest absolute Gasteiger partial charge is 0.510 e. The second kappa shape index (κ2) is 10.8. The lowest BCUT2D eigenvalue weighted by Gasteiger charge is -2.52. The van der Waals surface area contributed by atoms with Gasteiger partial charge in [0.2, 0.25) is 5.78 Å². The Hall–Kier alpha value is -4.89. The van der Waals surface area contributed by atoms with Gasteiger partial charge in [0.15, 0.2) is 11.4 Å². The minimum Gasteiger partial charge on any atom is -0.510 e. The van der Waals surface area contributed by atoms with Crippen LogP contribution in [-0.2, 0) is 9.59 Å². The average molecular weight is 580 g/mol. The van der Waals surface area contributed by atoms with Crippen molar-refractivity contribution in [3.63, 3.8) is 0 Å². The number of carbonyl (C=O) groups is 4. The first-order valence-corrected chi connectivity index (χ1v) is 12.5. The Bertz CT molecular complexity index is 1580. The predicted molar refractivity (Wildman–Crippen MR) is 146 cm³/mol. The van der Waals surface area contributed by atoms with Crippen LogP contribution in [0.1, 0.15) is 26.3 Å². The van der Waals surface area contributed by atoms with Crippen molar-refractivity contribution in [1.82, 2.24) is 15.3 Å². The Morgan fingerprint density at radius 2 is 1.71 bits per heavy atom. The molecule has 5 rings (SSSR count). The number of hydrogen-bond donors (Lipinski definition) is 8. The first-order valence-electron chi connectivity index (χ1n) is 12.5. The molecule has 2 amide bonds. The number of aliphatic hydroxyl groups is 4. The van der Waals surface area contributed by atoms with Gasteiger partial charge in [-0.1, -0.05) is 18.7 Å². The molecule has 0 aliphatic heterocycles. The van der Waals surface area contributed by atoms with Gasteiger partial charge in [0, 0.05) is 23.9 Å². The summed E-state index contributed by atoms with van der Waals surface area (Å²) in [6.45, 7) is 3.91. The number of hydrazine groups is 1. The zero-order valence-electron chi connectivity index (χ0n) is 22.5. The highest BCUT2D eigenvalue weighted by Gasteiger charge is 2.67. The number of aromatic nitrogens is 1. The second-order valence-corrected chi connectivity index (χ2v) is 10.1. The lowest BCUT2D eigenvalue weighted by Crippen LogP contribution is -2.68. The number of phenols is 1. The standard InChI is InChI=1S/C22H22N2O8.C6H7N3O/c1-7-8-5-4-6-9(25)11(8)16(26)12-10(7)17(27)14-15(24(2)3)18(28)13(21(23)31)20(30)22(14,32)19(12)29;7-9-6(10)5-1-3-8-4-2-5/h4-6,10,14-15,17,25,27-29,32H,1H2,2-3H3,(H2,23,31);1-4H,7H2,(H,9,10)/t10-,14+,15+,17+,22+;/m1./s1. The normalized spacial score (nSPS) is 26.6. The van der Waals surface area contributed by atoms with Crippen LogP contribution in [0.15, 0.2) is 72.0 Å². The molecule has 0 saturated heterocycles. The van der Waals surface area contributed by atoms with Crippen LogP contribution in [0.3, 0.4) is 0 Å². The zero-order chi connectivity index (χ0) is 31.3. The summed E-state index contributed by atoms with van der Waals surface area (Å²) in [5.41, 5.74) is 3.59. The molecule has 14 nitrogen and oxygen atoms in total. The van der Waals surface area contributed by atoms with Crippen molar-refractivity contribution >= 4 is 29.0 Å². The number of carbonyl (C=O) groups excluding carboxylic acids is 4. The zero-order valence-corrected chi connectivity index (χ0v) is 22.5. The van der Waals surface area contributed by atoms with E-state index in [-0.39, 0.29) is 22.6 Å². The number of amides is 2. The molecule has 3 aliphatic carbocycles. The van der Waals surface area contributed by atoms with Crippen molar-refractivity contribution in [1.29, 1.82) is 0 Å². The number of Topliss-reactive ketones (excluding diaryl/α,β-unsaturated/α-hetero) is 2. The van der Waals surface area contributed by atoms with Crippen LogP contribution >= 0.6 is 0 Å². The maximum atomic E-state index is 13.3. The number of nitrogens with two attached hydrogens (primary N) is 2. The van der Waals surface area contributed by atoms with E-state index in [1.165, 1.54) is 49.6 Å². The summed E-state index contributed by atoms with van der Waals surface area (Å²) in [6.07, 6.45) is 1.38. The van der Waals surface area contributed by atoms with Crippen molar-refractivity contribution in [2.24, 2.45) is 23.4 Å². The molecule has 5 atom stereocenters. The van der Waals surface area contributed by atoms with E-state index >= 15 is 0 Å². The molecule has 42 heavy (non-hydrogen) atoms. The van der Waals surface area contributed by atoms with Crippen molar-refractivity contribution in [3.8, 4) is 5.75 Å². The molecule has 14 heteroatoms. The molecular weight excluding hydrogens is 550 g/mol. The van der Waals surface area contributed by atoms with Crippen molar-refractivity contribution in [2.75, 3.05) is 14.1 Å². The Kier molecular flexibility index (Phi) is 7.76. The van der Waals surface area contributed by atoms with E-state index in [4.69, 9.17) is 11.6 Å². The number of primary amides is 1. The van der Waals surface area contributed by atoms with Crippen LogP contribution in [0.5, 0.6) is 5.75 Å². The molecule has 0 fully saturated rings. The van der Waals surface area contributed by atoms with Crippen LogP contribution in [-0.4, -0.2) is 90.6 Å². The van der Waals surface area contributed by atoms with Crippen LogP contribution in [0.4, 0.5) is 0 Å². The minimum absolute atomic E-state index is 0.167. The monoisotopic (exact) mass is 579 g/mol. The summed E-state index contributed by atoms with van der Waals surface area (Å²) < 4.78 is 0. The van der Waals surface area contributed by atoms with Crippen molar-refractivity contribution < 1.29 is 44.7 Å². The molecule has 0 saturated carbocycles. The van der Waals surface area contributed by atoms with Crippen LogP contribution in [0, 0.1) is 11.8 Å². The van der Waals surface area contributed by atoms with Gasteiger partial charge in [-0.25, -0.2) is 5.84 Å². The number of phenolic OH excluding ortho intramolecular Hbond substituents is 1. The fourth-order valence-corrected chi connectivity index (χ4v) is 5.80. The van der Waals surface area contributed by atoms with E-state index in [9.17, 15) is 44.7 Å². The number of nitrogen functional groups attached to an aromatic ring is 1. The van der Waals surface area contributed by atoms with E-state index in [1.54, 1.807) is 12.1 Å². The van der Waals surface area contributed by atoms with E-state index in [2.05, 4.69) is 11.6 Å². The highest BCUT2D eigenvalue weighted by molar-refractivity contribution is 6.25. The van der Waals surface area contributed by atoms with Crippen molar-refractivity contribution in [3.05, 3.63) is 88.7 Å². The quantitative estimate of drug-likeness (QED) is 0.0968. The molecule has 0 radical (unpaired) electrons. The Balaban J connectivity index is 0.000000343. The van der Waals surface area contributed by atoms with Gasteiger partial charge in [0.1, 0.15) is 22.8 Å². The summed E-state index contributed by atoms with van der Waals surface area (Å²) in [4.78, 5) is 54.2. The van der Waals surface area contributed by atoms with Crippen molar-refractivity contribution in [2.45, 2.75) is 17.7 Å². The fraction of sp³-hybridized carbons (Fsp3) is 0.250. The predicted octanol–water partition coefficient (Wildman–Crippen LogP) is -0.753. The number of likely N-dealkylation sites (N-methyl/N-ethyl adjacent to an activating group) is 1. The smallest absolute Gasteiger partial charge is 0.265 e. The number of rotatable bonds is 3. The lowest BCUT2D eigenvalue weighted by atomic mass is 9.56. The molecule has 2 aromatic rings. The van der Waals surface area contributed by atoms with E-state index in [0.717, 1.165) is 0 Å². The van der Waals surface area contributed by atoms with Gasteiger partial charge >= 0.3 is 0 Å². The Labute approximate surface area is 238 Å². The topological polar surface area (TPSA) is 250 Å². The number of hydrogen-bond acceptors (Lipinski definition) is 12. The number of nitrogens with zero attached hydrogens (tertiary/aromatic N) is 2. The van der Waals surface area contributed by atoms with E-state index in [1.807, 2.05) is 5.43 Å². The second-order valence-electron chi connectivity index (χ2n) is 10.1. The maximum Gasteiger partial charge on any atom is 0.265 e. The Morgan fingerprint density at radius 3 is 2.26 bits per heavy atom. The maximum absolute atomic E-state index is 13.3. The first kappa shape index (κ1) is 30.1. The molecule has 0 unspecified atom stereocenters. The number of aromatic hydroxyl groups is 1. The SMILES string of the molecule is C=C1c2cccc(O)c2C(=O)C2=C(O)[C@]3(O)C(=O)C(C(N)=O)=C(O)[C@@H](N(C)C)[C@H]3[C@@H](O)[C@H]12.NNC(=O)c1ccncc1. The number of pyridine rings is 1. The summed E-state index contributed by atoms with van der Waals surface area (Å²) >= 11 is 0. The third kappa shape index (κ3) is 4.33. The highest BCUT2D eigenvalue weighted by atomic mass is 16.4. The summed E-state index contributed by atoms with van der Waals surface area (Å²) in [6, 6.07) is 6.09. The lowest BCUT2D eigenvalue weighted by molar-refractivity contribution is -0.159. The highest BCUT2D eigenvalue weighted by Crippen LogP contribution is 2.54. The minimum atomic E-state index is -2.94. The molecule has 0 spiro atoms. The van der Waals surface area contributed by atoms with Gasteiger partial charge in [-0.15, -0.1) is 0 Å². The number of ketones is 2.